The summed E-state index contributed by atoms with van der Waals surface area (Å²) in [7, 11) is -0.482. The van der Waals surface area contributed by atoms with Gasteiger partial charge in [-0.2, -0.15) is 0 Å². The first-order valence-electron chi connectivity index (χ1n) is 6.70. The van der Waals surface area contributed by atoms with Crippen molar-refractivity contribution in [3.63, 3.8) is 0 Å². The SMILES string of the molecule is CC1(C)OB(C(=Cc2cc[nH]c(=O)c2)CN)OC1(C)C. The summed E-state index contributed by atoms with van der Waals surface area (Å²) in [6.45, 7) is 8.29. The van der Waals surface area contributed by atoms with E-state index in [1.807, 2.05) is 39.8 Å². The van der Waals surface area contributed by atoms with Crippen molar-refractivity contribution in [2.45, 2.75) is 38.9 Å². The summed E-state index contributed by atoms with van der Waals surface area (Å²) in [5.41, 5.74) is 6.44. The van der Waals surface area contributed by atoms with Crippen LogP contribution in [0.1, 0.15) is 33.3 Å². The minimum atomic E-state index is -0.482. The Labute approximate surface area is 119 Å². The van der Waals surface area contributed by atoms with E-state index in [4.69, 9.17) is 15.0 Å². The lowest BCUT2D eigenvalue weighted by Crippen LogP contribution is -2.41. The molecule has 0 spiro atoms. The molecule has 0 aromatic carbocycles. The van der Waals surface area contributed by atoms with Crippen molar-refractivity contribution in [1.29, 1.82) is 0 Å². The highest BCUT2D eigenvalue weighted by atomic mass is 16.7. The first kappa shape index (κ1) is 15.0. The monoisotopic (exact) mass is 276 g/mol. The molecule has 1 fully saturated rings. The molecule has 2 rings (SSSR count). The highest BCUT2D eigenvalue weighted by molar-refractivity contribution is 6.55. The molecule has 0 amide bonds. The van der Waals surface area contributed by atoms with Gasteiger partial charge in [0.2, 0.25) is 5.56 Å². The van der Waals surface area contributed by atoms with Gasteiger partial charge < -0.3 is 20.0 Å². The summed E-state index contributed by atoms with van der Waals surface area (Å²) < 4.78 is 11.9. The Balaban J connectivity index is 2.29. The van der Waals surface area contributed by atoms with Crippen LogP contribution in [0.15, 0.2) is 28.6 Å². The van der Waals surface area contributed by atoms with Gasteiger partial charge in [0.1, 0.15) is 0 Å². The number of pyridine rings is 1. The summed E-state index contributed by atoms with van der Waals surface area (Å²) in [5.74, 6) is 0. The van der Waals surface area contributed by atoms with E-state index in [0.29, 0.717) is 6.54 Å². The van der Waals surface area contributed by atoms with Crippen LogP contribution in [0.4, 0.5) is 0 Å². The third kappa shape index (κ3) is 2.87. The van der Waals surface area contributed by atoms with Gasteiger partial charge >= 0.3 is 7.12 Å². The molecule has 0 bridgehead atoms. The lowest BCUT2D eigenvalue weighted by atomic mass is 9.77. The molecule has 1 aliphatic heterocycles. The summed E-state index contributed by atoms with van der Waals surface area (Å²) in [5, 5.41) is 0. The molecule has 0 saturated carbocycles. The molecule has 0 atom stereocenters. The van der Waals surface area contributed by atoms with Crippen LogP contribution in [0.2, 0.25) is 0 Å². The maximum atomic E-state index is 11.3. The molecule has 1 saturated heterocycles. The van der Waals surface area contributed by atoms with Crippen molar-refractivity contribution in [1.82, 2.24) is 4.98 Å². The molecule has 6 heteroatoms. The largest absolute Gasteiger partial charge is 0.491 e. The molecule has 2 heterocycles. The van der Waals surface area contributed by atoms with Crippen LogP contribution < -0.4 is 11.3 Å². The first-order valence-corrected chi connectivity index (χ1v) is 6.70. The average molecular weight is 276 g/mol. The van der Waals surface area contributed by atoms with Crippen LogP contribution in [-0.4, -0.2) is 29.8 Å². The van der Waals surface area contributed by atoms with E-state index in [2.05, 4.69) is 4.98 Å². The number of aromatic amines is 1. The quantitative estimate of drug-likeness (QED) is 0.817. The number of nitrogens with one attached hydrogen (secondary N) is 1. The van der Waals surface area contributed by atoms with E-state index >= 15 is 0 Å². The second-order valence-electron chi connectivity index (χ2n) is 6.00. The molecule has 5 nitrogen and oxygen atoms in total. The fourth-order valence-electron chi connectivity index (χ4n) is 1.98. The van der Waals surface area contributed by atoms with Gasteiger partial charge in [0, 0.05) is 18.8 Å². The Kier molecular flexibility index (Phi) is 3.91. The predicted molar refractivity (Wildman–Crippen MR) is 80.2 cm³/mol. The highest BCUT2D eigenvalue weighted by Gasteiger charge is 2.52. The molecular formula is C14H21BN2O3. The van der Waals surface area contributed by atoms with E-state index in [1.165, 1.54) is 6.07 Å². The van der Waals surface area contributed by atoms with Gasteiger partial charge in [-0.15, -0.1) is 0 Å². The number of H-pyrrole nitrogens is 1. The van der Waals surface area contributed by atoms with Crippen molar-refractivity contribution in [2.75, 3.05) is 6.54 Å². The van der Waals surface area contributed by atoms with Crippen LogP contribution in [0.25, 0.3) is 6.08 Å². The number of hydrogen-bond donors (Lipinski definition) is 2. The number of rotatable bonds is 3. The summed E-state index contributed by atoms with van der Waals surface area (Å²) in [4.78, 5) is 13.9. The zero-order valence-electron chi connectivity index (χ0n) is 12.4. The Morgan fingerprint density at radius 3 is 2.45 bits per heavy atom. The van der Waals surface area contributed by atoms with E-state index in [0.717, 1.165) is 11.0 Å². The van der Waals surface area contributed by atoms with Crippen molar-refractivity contribution in [3.05, 3.63) is 39.7 Å². The van der Waals surface area contributed by atoms with Gasteiger partial charge in [0.05, 0.1) is 11.2 Å². The summed E-state index contributed by atoms with van der Waals surface area (Å²) in [6, 6.07) is 3.32. The van der Waals surface area contributed by atoms with Crippen molar-refractivity contribution >= 4 is 13.2 Å². The molecule has 0 unspecified atom stereocenters. The molecule has 20 heavy (non-hydrogen) atoms. The normalized spacial score (nSPS) is 21.2. The van der Waals surface area contributed by atoms with Gasteiger partial charge in [0.15, 0.2) is 0 Å². The van der Waals surface area contributed by atoms with Gasteiger partial charge in [-0.3, -0.25) is 4.79 Å². The molecule has 0 radical (unpaired) electrons. The Hall–Kier alpha value is -1.37. The van der Waals surface area contributed by atoms with Crippen LogP contribution in [0, 0.1) is 0 Å². The second kappa shape index (κ2) is 5.20. The topological polar surface area (TPSA) is 77.3 Å². The third-order valence-electron chi connectivity index (χ3n) is 3.94. The minimum absolute atomic E-state index is 0.149. The van der Waals surface area contributed by atoms with Gasteiger partial charge in [0.25, 0.3) is 0 Å². The Morgan fingerprint density at radius 1 is 1.35 bits per heavy atom. The molecule has 1 aromatic rings. The molecule has 0 aliphatic carbocycles. The number of hydrogen-bond acceptors (Lipinski definition) is 4. The van der Waals surface area contributed by atoms with Crippen molar-refractivity contribution < 1.29 is 9.31 Å². The van der Waals surface area contributed by atoms with Crippen molar-refractivity contribution in [2.24, 2.45) is 5.73 Å². The lowest BCUT2D eigenvalue weighted by molar-refractivity contribution is 0.00578. The summed E-state index contributed by atoms with van der Waals surface area (Å²) in [6.07, 6.45) is 3.45. The van der Waals surface area contributed by atoms with Gasteiger partial charge in [-0.1, -0.05) is 6.08 Å². The van der Waals surface area contributed by atoms with Crippen LogP contribution >= 0.6 is 0 Å². The predicted octanol–water partition coefficient (Wildman–Crippen LogP) is 1.35. The Morgan fingerprint density at radius 2 is 1.95 bits per heavy atom. The van der Waals surface area contributed by atoms with Crippen LogP contribution in [-0.2, 0) is 9.31 Å². The molecular weight excluding hydrogens is 255 g/mol. The minimum Gasteiger partial charge on any atom is -0.400 e. The van der Waals surface area contributed by atoms with E-state index in [1.54, 1.807) is 6.20 Å². The maximum absolute atomic E-state index is 11.3. The standard InChI is InChI=1S/C14H21BN2O3/c1-13(2)14(3,4)20-15(19-13)11(9-16)7-10-5-6-17-12(18)8-10/h5-8H,9,16H2,1-4H3,(H,17,18). The van der Waals surface area contributed by atoms with E-state index < -0.39 is 18.3 Å². The number of nitrogens with two attached hydrogens (primary N) is 1. The van der Waals surface area contributed by atoms with Gasteiger partial charge in [-0.05, 0) is 44.8 Å². The average Bonchev–Trinajstić information content (AvgIpc) is 2.55. The second-order valence-corrected chi connectivity index (χ2v) is 6.00. The molecule has 1 aromatic heterocycles. The Bertz CT molecular complexity index is 562. The van der Waals surface area contributed by atoms with E-state index in [-0.39, 0.29) is 5.56 Å². The smallest absolute Gasteiger partial charge is 0.400 e. The third-order valence-corrected chi connectivity index (χ3v) is 3.94. The van der Waals surface area contributed by atoms with Gasteiger partial charge in [-0.25, -0.2) is 0 Å². The molecule has 108 valence electrons. The fraction of sp³-hybridized carbons (Fsp3) is 0.500. The summed E-state index contributed by atoms with van der Waals surface area (Å²) >= 11 is 0. The molecule has 1 aliphatic rings. The highest BCUT2D eigenvalue weighted by Crippen LogP contribution is 2.38. The maximum Gasteiger partial charge on any atom is 0.491 e. The van der Waals surface area contributed by atoms with E-state index in [9.17, 15) is 4.79 Å². The number of aromatic nitrogens is 1. The molecule has 3 N–H and O–H groups in total. The lowest BCUT2D eigenvalue weighted by Gasteiger charge is -2.32. The van der Waals surface area contributed by atoms with Crippen LogP contribution in [0.5, 0.6) is 0 Å². The zero-order valence-corrected chi connectivity index (χ0v) is 12.4. The van der Waals surface area contributed by atoms with Crippen LogP contribution in [0.3, 0.4) is 0 Å². The fourth-order valence-corrected chi connectivity index (χ4v) is 1.98. The van der Waals surface area contributed by atoms with Crippen molar-refractivity contribution in [3.8, 4) is 0 Å². The first-order chi connectivity index (χ1) is 9.25. The zero-order chi connectivity index (χ0) is 15.0.